The van der Waals surface area contributed by atoms with Gasteiger partial charge in [-0.2, -0.15) is 0 Å². The van der Waals surface area contributed by atoms with E-state index < -0.39 is 0 Å². The van der Waals surface area contributed by atoms with E-state index >= 15 is 0 Å². The largest absolute Gasteiger partial charge is 0.493 e. The minimum atomic E-state index is 0.207. The van der Waals surface area contributed by atoms with Crippen LogP contribution in [0.15, 0.2) is 18.2 Å². The molecule has 0 saturated carbocycles. The molecule has 3 nitrogen and oxygen atoms in total. The smallest absolute Gasteiger partial charge is 0.161 e. The summed E-state index contributed by atoms with van der Waals surface area (Å²) in [4.78, 5) is 11.0. The van der Waals surface area contributed by atoms with Crippen LogP contribution in [0.2, 0.25) is 0 Å². The summed E-state index contributed by atoms with van der Waals surface area (Å²) >= 11 is 0. The highest BCUT2D eigenvalue weighted by Crippen LogP contribution is 2.28. The molecule has 0 aliphatic carbocycles. The number of methoxy groups -OCH3 is 1. The van der Waals surface area contributed by atoms with Gasteiger partial charge in [0.2, 0.25) is 0 Å². The molecule has 1 rings (SSSR count). The first-order valence-electron chi connectivity index (χ1n) is 6.96. The molecule has 0 atom stereocenters. The van der Waals surface area contributed by atoms with Crippen molar-refractivity contribution >= 4 is 5.78 Å². The van der Waals surface area contributed by atoms with Gasteiger partial charge in [0.05, 0.1) is 13.7 Å². The van der Waals surface area contributed by atoms with Crippen molar-refractivity contribution in [3.8, 4) is 11.5 Å². The van der Waals surface area contributed by atoms with E-state index in [4.69, 9.17) is 9.47 Å². The Morgan fingerprint density at radius 3 is 2.63 bits per heavy atom. The summed E-state index contributed by atoms with van der Waals surface area (Å²) in [6.07, 6.45) is 4.75. The first-order valence-corrected chi connectivity index (χ1v) is 6.96. The van der Waals surface area contributed by atoms with Crippen LogP contribution >= 0.6 is 0 Å². The number of hydrogen-bond donors (Lipinski definition) is 0. The van der Waals surface area contributed by atoms with Crippen LogP contribution in [0.1, 0.15) is 45.1 Å². The van der Waals surface area contributed by atoms with E-state index in [9.17, 15) is 4.79 Å². The Labute approximate surface area is 115 Å². The molecule has 0 fully saturated rings. The molecule has 1 aromatic carbocycles. The van der Waals surface area contributed by atoms with Crippen LogP contribution in [0.25, 0.3) is 0 Å². The Bertz CT molecular complexity index is 399. The summed E-state index contributed by atoms with van der Waals surface area (Å²) in [5, 5.41) is 0. The van der Waals surface area contributed by atoms with Crippen LogP contribution in [0.5, 0.6) is 11.5 Å². The van der Waals surface area contributed by atoms with Crippen molar-refractivity contribution in [1.82, 2.24) is 0 Å². The normalized spacial score (nSPS) is 10.3. The number of rotatable bonds is 9. The van der Waals surface area contributed by atoms with Crippen LogP contribution in [0.3, 0.4) is 0 Å². The van der Waals surface area contributed by atoms with E-state index in [1.54, 1.807) is 14.0 Å². The lowest BCUT2D eigenvalue weighted by Crippen LogP contribution is -2.00. The van der Waals surface area contributed by atoms with Gasteiger partial charge in [-0.1, -0.05) is 25.8 Å². The fourth-order valence-corrected chi connectivity index (χ4v) is 1.84. The van der Waals surface area contributed by atoms with Gasteiger partial charge in [0.15, 0.2) is 11.5 Å². The SMILES string of the molecule is CCCCCOc1ccc(CCC(C)=O)cc1OC. The van der Waals surface area contributed by atoms with E-state index in [0.29, 0.717) is 6.42 Å². The topological polar surface area (TPSA) is 35.5 Å². The lowest BCUT2D eigenvalue weighted by atomic mass is 10.1. The zero-order chi connectivity index (χ0) is 14.1. The summed E-state index contributed by atoms with van der Waals surface area (Å²) < 4.78 is 11.1. The van der Waals surface area contributed by atoms with Gasteiger partial charge in [-0.3, -0.25) is 0 Å². The van der Waals surface area contributed by atoms with E-state index in [1.807, 2.05) is 18.2 Å². The summed E-state index contributed by atoms with van der Waals surface area (Å²) in [7, 11) is 1.64. The molecule has 0 aromatic heterocycles. The molecular weight excluding hydrogens is 240 g/mol. The summed E-state index contributed by atoms with van der Waals surface area (Å²) in [5.74, 6) is 1.74. The summed E-state index contributed by atoms with van der Waals surface area (Å²) in [6, 6.07) is 5.89. The van der Waals surface area contributed by atoms with Crippen molar-refractivity contribution in [2.75, 3.05) is 13.7 Å². The zero-order valence-electron chi connectivity index (χ0n) is 12.2. The van der Waals surface area contributed by atoms with Gasteiger partial charge in [0.25, 0.3) is 0 Å². The highest BCUT2D eigenvalue weighted by Gasteiger charge is 2.06. The van der Waals surface area contributed by atoms with Crippen molar-refractivity contribution in [2.45, 2.75) is 46.0 Å². The third kappa shape index (κ3) is 5.77. The minimum absolute atomic E-state index is 0.207. The van der Waals surface area contributed by atoms with Gasteiger partial charge in [-0.25, -0.2) is 0 Å². The van der Waals surface area contributed by atoms with Crippen molar-refractivity contribution < 1.29 is 14.3 Å². The summed E-state index contributed by atoms with van der Waals surface area (Å²) in [6.45, 7) is 4.50. The van der Waals surface area contributed by atoms with Crippen LogP contribution in [0, 0.1) is 0 Å². The molecule has 0 heterocycles. The Morgan fingerprint density at radius 1 is 1.21 bits per heavy atom. The number of unbranched alkanes of at least 4 members (excludes halogenated alkanes) is 2. The highest BCUT2D eigenvalue weighted by atomic mass is 16.5. The molecule has 0 saturated heterocycles. The molecule has 0 unspecified atom stereocenters. The van der Waals surface area contributed by atoms with E-state index in [-0.39, 0.29) is 5.78 Å². The Morgan fingerprint density at radius 2 is 2.00 bits per heavy atom. The Hall–Kier alpha value is -1.51. The molecule has 106 valence electrons. The van der Waals surface area contributed by atoms with E-state index in [1.165, 1.54) is 12.8 Å². The lowest BCUT2D eigenvalue weighted by molar-refractivity contribution is -0.116. The Balaban J connectivity index is 2.59. The highest BCUT2D eigenvalue weighted by molar-refractivity contribution is 5.75. The van der Waals surface area contributed by atoms with Crippen molar-refractivity contribution in [3.63, 3.8) is 0 Å². The molecular formula is C16H24O3. The average molecular weight is 264 g/mol. The average Bonchev–Trinajstić information content (AvgIpc) is 2.42. The first kappa shape index (κ1) is 15.5. The van der Waals surface area contributed by atoms with Gasteiger partial charge in [-0.05, 0) is 37.5 Å². The molecule has 1 aromatic rings. The maximum absolute atomic E-state index is 11.0. The number of benzene rings is 1. The quantitative estimate of drug-likeness (QED) is 0.637. The fraction of sp³-hybridized carbons (Fsp3) is 0.562. The van der Waals surface area contributed by atoms with Crippen LogP contribution < -0.4 is 9.47 Å². The third-order valence-corrected chi connectivity index (χ3v) is 3.00. The first-order chi connectivity index (χ1) is 9.17. The molecule has 0 aliphatic rings. The fourth-order valence-electron chi connectivity index (χ4n) is 1.84. The van der Waals surface area contributed by atoms with Crippen LogP contribution in [0.4, 0.5) is 0 Å². The third-order valence-electron chi connectivity index (χ3n) is 3.00. The predicted octanol–water partition coefficient (Wildman–Crippen LogP) is 3.79. The molecule has 0 spiro atoms. The van der Waals surface area contributed by atoms with Crippen LogP contribution in [-0.4, -0.2) is 19.5 Å². The second kappa shape index (κ2) is 8.57. The second-order valence-electron chi connectivity index (χ2n) is 4.74. The number of aryl methyl sites for hydroxylation is 1. The van der Waals surface area contributed by atoms with Gasteiger partial charge in [0.1, 0.15) is 5.78 Å². The van der Waals surface area contributed by atoms with Crippen molar-refractivity contribution in [2.24, 2.45) is 0 Å². The number of ketones is 1. The number of Topliss-reactive ketones (excluding diaryl/α,β-unsaturated/α-hetero) is 1. The number of carbonyl (C=O) groups is 1. The number of ether oxygens (including phenoxy) is 2. The maximum Gasteiger partial charge on any atom is 0.161 e. The van der Waals surface area contributed by atoms with Crippen molar-refractivity contribution in [1.29, 1.82) is 0 Å². The van der Waals surface area contributed by atoms with Crippen molar-refractivity contribution in [3.05, 3.63) is 23.8 Å². The number of hydrogen-bond acceptors (Lipinski definition) is 3. The zero-order valence-corrected chi connectivity index (χ0v) is 12.2. The van der Waals surface area contributed by atoms with Gasteiger partial charge >= 0.3 is 0 Å². The molecule has 3 heteroatoms. The van der Waals surface area contributed by atoms with Gasteiger partial charge in [0, 0.05) is 6.42 Å². The monoisotopic (exact) mass is 264 g/mol. The molecule has 0 bridgehead atoms. The lowest BCUT2D eigenvalue weighted by Gasteiger charge is -2.12. The predicted molar refractivity (Wildman–Crippen MR) is 77.0 cm³/mol. The Kier molecular flexibility index (Phi) is 7.01. The van der Waals surface area contributed by atoms with Gasteiger partial charge in [-0.15, -0.1) is 0 Å². The molecule has 0 radical (unpaired) electrons. The minimum Gasteiger partial charge on any atom is -0.493 e. The molecule has 19 heavy (non-hydrogen) atoms. The van der Waals surface area contributed by atoms with E-state index in [2.05, 4.69) is 6.92 Å². The molecule has 0 aliphatic heterocycles. The number of carbonyl (C=O) groups excluding carboxylic acids is 1. The standard InChI is InChI=1S/C16H24O3/c1-4-5-6-11-19-15-10-9-14(8-7-13(2)17)12-16(15)18-3/h9-10,12H,4-8,11H2,1-3H3. The second-order valence-corrected chi connectivity index (χ2v) is 4.74. The maximum atomic E-state index is 11.0. The molecule has 0 N–H and O–H groups in total. The van der Waals surface area contributed by atoms with Gasteiger partial charge < -0.3 is 14.3 Å². The molecule has 0 amide bonds. The van der Waals surface area contributed by atoms with Crippen LogP contribution in [-0.2, 0) is 11.2 Å². The summed E-state index contributed by atoms with van der Waals surface area (Å²) in [5.41, 5.74) is 1.10. The van der Waals surface area contributed by atoms with E-state index in [0.717, 1.165) is 36.5 Å².